The first-order valence-electron chi connectivity index (χ1n) is 13.2. The Hall–Kier alpha value is -2.19. The van der Waals surface area contributed by atoms with Gasteiger partial charge in [0, 0.05) is 5.92 Å². The third-order valence-corrected chi connectivity index (χ3v) is 7.84. The van der Waals surface area contributed by atoms with Gasteiger partial charge in [-0.2, -0.15) is 0 Å². The quantitative estimate of drug-likeness (QED) is 0.297. The lowest BCUT2D eigenvalue weighted by atomic mass is 9.65. The van der Waals surface area contributed by atoms with E-state index in [1.807, 2.05) is 20.8 Å². The zero-order valence-electron chi connectivity index (χ0n) is 22.6. The van der Waals surface area contributed by atoms with Crippen LogP contribution in [0.3, 0.4) is 0 Å². The minimum atomic E-state index is -1.15. The van der Waals surface area contributed by atoms with Crippen LogP contribution >= 0.6 is 0 Å². The highest BCUT2D eigenvalue weighted by atomic mass is 16.5. The van der Waals surface area contributed by atoms with Gasteiger partial charge in [-0.05, 0) is 76.2 Å². The van der Waals surface area contributed by atoms with Crippen molar-refractivity contribution in [2.45, 2.75) is 104 Å². The smallest absolute Gasteiger partial charge is 0.325 e. The molecule has 0 aromatic rings. The monoisotopic (exact) mass is 507 g/mol. The van der Waals surface area contributed by atoms with E-state index in [0.29, 0.717) is 25.2 Å². The van der Waals surface area contributed by atoms with E-state index in [1.165, 1.54) is 12.5 Å². The number of aliphatic carboxylic acids is 1. The van der Waals surface area contributed by atoms with Crippen molar-refractivity contribution in [3.05, 3.63) is 23.8 Å². The number of allylic oxidation sites excluding steroid dienone is 3. The summed E-state index contributed by atoms with van der Waals surface area (Å²) in [6.45, 7) is 11.4. The summed E-state index contributed by atoms with van der Waals surface area (Å²) >= 11 is 0. The molecule has 36 heavy (non-hydrogen) atoms. The van der Waals surface area contributed by atoms with Crippen molar-refractivity contribution in [1.29, 1.82) is 0 Å². The number of nitrogens with one attached hydrogen (secondary N) is 1. The van der Waals surface area contributed by atoms with Crippen LogP contribution in [0, 0.1) is 29.1 Å². The summed E-state index contributed by atoms with van der Waals surface area (Å²) in [6.07, 6.45) is 6.82. The van der Waals surface area contributed by atoms with Crippen LogP contribution in [-0.2, 0) is 19.1 Å². The molecule has 0 fully saturated rings. The number of esters is 1. The van der Waals surface area contributed by atoms with Crippen LogP contribution in [0.15, 0.2) is 23.8 Å². The topological polar surface area (TPSA) is 133 Å². The molecule has 0 heterocycles. The van der Waals surface area contributed by atoms with E-state index in [2.05, 4.69) is 37.4 Å². The molecule has 4 N–H and O–H groups in total. The summed E-state index contributed by atoms with van der Waals surface area (Å²) in [4.78, 5) is 35.7. The second-order valence-corrected chi connectivity index (χ2v) is 11.4. The number of rotatable bonds is 12. The van der Waals surface area contributed by atoms with Crippen LogP contribution in [0.5, 0.6) is 0 Å². The first-order chi connectivity index (χ1) is 16.7. The maximum absolute atomic E-state index is 12.9. The molecule has 8 heteroatoms. The van der Waals surface area contributed by atoms with Gasteiger partial charge in [0.25, 0.3) is 0 Å². The molecule has 0 unspecified atom stereocenters. The minimum Gasteiger partial charge on any atom is -0.480 e. The van der Waals surface area contributed by atoms with Gasteiger partial charge in [0.2, 0.25) is 5.91 Å². The largest absolute Gasteiger partial charge is 0.480 e. The van der Waals surface area contributed by atoms with Crippen molar-refractivity contribution in [2.24, 2.45) is 29.1 Å². The Labute approximate surface area is 215 Å². The number of carboxylic acid groups (broad SMARTS) is 1. The van der Waals surface area contributed by atoms with Crippen LogP contribution in [-0.4, -0.2) is 57.5 Å². The van der Waals surface area contributed by atoms with Gasteiger partial charge >= 0.3 is 11.9 Å². The number of aliphatic hydroxyl groups is 2. The third-order valence-electron chi connectivity index (χ3n) is 7.84. The number of hydrogen-bond acceptors (Lipinski definition) is 6. The Morgan fingerprint density at radius 2 is 1.86 bits per heavy atom. The van der Waals surface area contributed by atoms with Crippen LogP contribution < -0.4 is 5.32 Å². The van der Waals surface area contributed by atoms with Gasteiger partial charge in [0.1, 0.15) is 12.1 Å². The van der Waals surface area contributed by atoms with Crippen molar-refractivity contribution in [1.82, 2.24) is 5.32 Å². The zero-order chi connectivity index (χ0) is 27.2. The normalized spacial score (nSPS) is 28.3. The average molecular weight is 508 g/mol. The highest BCUT2D eigenvalue weighted by Gasteiger charge is 2.42. The number of carbonyl (C=O) groups excluding carboxylic acids is 2. The highest BCUT2D eigenvalue weighted by Crippen LogP contribution is 2.45. The van der Waals surface area contributed by atoms with E-state index < -0.39 is 35.5 Å². The van der Waals surface area contributed by atoms with Crippen molar-refractivity contribution < 1.29 is 34.4 Å². The Balaban J connectivity index is 2.02. The van der Waals surface area contributed by atoms with E-state index in [0.717, 1.165) is 6.42 Å². The van der Waals surface area contributed by atoms with Gasteiger partial charge in [-0.1, -0.05) is 39.0 Å². The molecule has 204 valence electrons. The van der Waals surface area contributed by atoms with Crippen LogP contribution in [0.1, 0.15) is 80.1 Å². The van der Waals surface area contributed by atoms with Crippen molar-refractivity contribution in [2.75, 3.05) is 0 Å². The van der Waals surface area contributed by atoms with E-state index in [9.17, 15) is 24.6 Å². The lowest BCUT2D eigenvalue weighted by Gasteiger charge is -2.44. The highest BCUT2D eigenvalue weighted by molar-refractivity contribution is 5.83. The summed E-state index contributed by atoms with van der Waals surface area (Å²) in [5.41, 5.74) is 0.638. The number of ether oxygens (including phenoxy) is 1. The van der Waals surface area contributed by atoms with Crippen molar-refractivity contribution in [3.8, 4) is 0 Å². The second-order valence-electron chi connectivity index (χ2n) is 11.4. The summed E-state index contributed by atoms with van der Waals surface area (Å²) < 4.78 is 6.13. The van der Waals surface area contributed by atoms with E-state index in [-0.39, 0.29) is 42.7 Å². The molecule has 2 rings (SSSR count). The first kappa shape index (κ1) is 30.0. The maximum Gasteiger partial charge on any atom is 0.325 e. The van der Waals surface area contributed by atoms with Gasteiger partial charge in [-0.3, -0.25) is 14.4 Å². The lowest BCUT2D eigenvalue weighted by molar-refractivity contribution is -0.164. The molecule has 0 aliphatic heterocycles. The molecule has 1 amide bonds. The first-order valence-corrected chi connectivity index (χ1v) is 13.2. The predicted molar refractivity (Wildman–Crippen MR) is 137 cm³/mol. The van der Waals surface area contributed by atoms with Gasteiger partial charge in [-0.25, -0.2) is 0 Å². The Bertz CT molecular complexity index is 849. The van der Waals surface area contributed by atoms with Crippen LogP contribution in [0.25, 0.3) is 0 Å². The SMILES string of the molecule is CCC(C)(C)C(=O)O[C@H]1C[C@@H](C)C=C2C=C[C@H](C)[C@H](CC[C@@H](O)C[C@@H](O)CC(=O)N[C@H](C)C(=O)O)[C@H]21. The van der Waals surface area contributed by atoms with Crippen molar-refractivity contribution >= 4 is 17.8 Å². The molecular weight excluding hydrogens is 462 g/mol. The number of hydrogen-bond donors (Lipinski definition) is 4. The third kappa shape index (κ3) is 8.17. The predicted octanol–water partition coefficient (Wildman–Crippen LogP) is 3.61. The summed E-state index contributed by atoms with van der Waals surface area (Å²) in [5, 5.41) is 32.0. The molecule has 0 aromatic carbocycles. The molecule has 8 atom stereocenters. The van der Waals surface area contributed by atoms with E-state index in [4.69, 9.17) is 9.84 Å². The van der Waals surface area contributed by atoms with Crippen LogP contribution in [0.2, 0.25) is 0 Å². The number of carboxylic acids is 1. The molecule has 0 aromatic heterocycles. The Morgan fingerprint density at radius 3 is 2.47 bits per heavy atom. The number of carbonyl (C=O) groups is 3. The maximum atomic E-state index is 12.9. The van der Waals surface area contributed by atoms with Gasteiger partial charge in [-0.15, -0.1) is 0 Å². The molecule has 0 radical (unpaired) electrons. The Morgan fingerprint density at radius 1 is 1.19 bits per heavy atom. The standard InChI is InChI=1S/C28H45NO7/c1-7-28(5,6)27(35)36-23-13-16(2)12-19-9-8-17(3)22(25(19)23)11-10-20(30)14-21(31)15-24(32)29-18(4)26(33)34/h8-9,12,16-18,20-23,25,30-31H,7,10-11,13-15H2,1-6H3,(H,29,32)(H,33,34)/t16-,17-,18+,20+,21+,22-,23-,25-/m0/s1. The average Bonchev–Trinajstić information content (AvgIpc) is 2.77. The fraction of sp³-hybridized carbons (Fsp3) is 0.750. The molecule has 2 aliphatic carbocycles. The summed E-state index contributed by atoms with van der Waals surface area (Å²) in [7, 11) is 0. The molecule has 0 saturated heterocycles. The van der Waals surface area contributed by atoms with Crippen molar-refractivity contribution in [3.63, 3.8) is 0 Å². The lowest BCUT2D eigenvalue weighted by Crippen LogP contribution is -2.43. The number of fused-ring (bicyclic) bond motifs is 1. The Kier molecular flexibility index (Phi) is 10.7. The minimum absolute atomic E-state index is 0.0271. The van der Waals surface area contributed by atoms with E-state index in [1.54, 1.807) is 0 Å². The number of amides is 1. The summed E-state index contributed by atoms with van der Waals surface area (Å²) in [5.74, 6) is -1.14. The number of aliphatic hydroxyl groups excluding tert-OH is 2. The molecule has 0 bridgehead atoms. The van der Waals surface area contributed by atoms with Gasteiger partial charge in [0.15, 0.2) is 0 Å². The van der Waals surface area contributed by atoms with Gasteiger partial charge in [0.05, 0.1) is 24.0 Å². The van der Waals surface area contributed by atoms with Crippen LogP contribution in [0.4, 0.5) is 0 Å². The molecule has 0 spiro atoms. The fourth-order valence-electron chi connectivity index (χ4n) is 5.14. The molecular formula is C28H45NO7. The zero-order valence-corrected chi connectivity index (χ0v) is 22.6. The molecule has 2 aliphatic rings. The van der Waals surface area contributed by atoms with E-state index >= 15 is 0 Å². The summed E-state index contributed by atoms with van der Waals surface area (Å²) in [6, 6.07) is -1.04. The molecule has 8 nitrogen and oxygen atoms in total. The fourth-order valence-corrected chi connectivity index (χ4v) is 5.14. The molecule has 0 saturated carbocycles. The van der Waals surface area contributed by atoms with Gasteiger partial charge < -0.3 is 25.4 Å². The second kappa shape index (κ2) is 12.9.